The van der Waals surface area contributed by atoms with Crippen LogP contribution in [0.1, 0.15) is 38.9 Å². The Morgan fingerprint density at radius 1 is 1.09 bits per heavy atom. The number of aromatic nitrogens is 4. The maximum atomic E-state index is 12.8. The summed E-state index contributed by atoms with van der Waals surface area (Å²) in [6.07, 6.45) is 5.46. The highest BCUT2D eigenvalue weighted by molar-refractivity contribution is 7.89. The molecule has 186 valence electrons. The number of hydrogen-bond donors (Lipinski definition) is 1. The van der Waals surface area contributed by atoms with Crippen LogP contribution in [0.25, 0.3) is 11.4 Å². The van der Waals surface area contributed by atoms with Gasteiger partial charge in [-0.1, -0.05) is 32.4 Å². The van der Waals surface area contributed by atoms with Crippen molar-refractivity contribution in [1.82, 2.24) is 23.6 Å². The van der Waals surface area contributed by atoms with Crippen molar-refractivity contribution in [2.75, 3.05) is 18.4 Å². The molecule has 0 saturated carbocycles. The Hall–Kier alpha value is -3.31. The number of fused-ring (bicyclic) bond motifs is 1. The molecule has 1 N–H and O–H groups in total. The Kier molecular flexibility index (Phi) is 7.46. The van der Waals surface area contributed by atoms with Crippen molar-refractivity contribution in [3.05, 3.63) is 58.8 Å². The van der Waals surface area contributed by atoms with E-state index in [1.165, 1.54) is 22.6 Å². The number of nitrogens with zero attached hydrogens (tertiary/aromatic N) is 5. The van der Waals surface area contributed by atoms with Gasteiger partial charge in [0.2, 0.25) is 15.9 Å². The Morgan fingerprint density at radius 2 is 1.89 bits per heavy atom. The molecule has 0 atom stereocenters. The van der Waals surface area contributed by atoms with E-state index in [9.17, 15) is 18.0 Å². The zero-order valence-corrected chi connectivity index (χ0v) is 20.8. The summed E-state index contributed by atoms with van der Waals surface area (Å²) < 4.78 is 30.1. The van der Waals surface area contributed by atoms with Crippen LogP contribution in [0, 0.1) is 0 Å². The first kappa shape index (κ1) is 24.8. The first-order valence-electron chi connectivity index (χ1n) is 11.9. The Balaban J connectivity index is 1.52. The Morgan fingerprint density at radius 3 is 2.66 bits per heavy atom. The van der Waals surface area contributed by atoms with Crippen molar-refractivity contribution in [3.63, 3.8) is 0 Å². The minimum atomic E-state index is -3.75. The highest BCUT2D eigenvalue weighted by atomic mass is 32.2. The Labute approximate surface area is 204 Å². The van der Waals surface area contributed by atoms with Gasteiger partial charge in [0.1, 0.15) is 12.4 Å². The largest absolute Gasteiger partial charge is 0.325 e. The minimum absolute atomic E-state index is 0.0249. The second-order valence-electron chi connectivity index (χ2n) is 8.45. The number of carbonyl (C=O) groups is 1. The first-order chi connectivity index (χ1) is 16.8. The van der Waals surface area contributed by atoms with Crippen LogP contribution in [0.2, 0.25) is 0 Å². The molecule has 0 spiro atoms. The van der Waals surface area contributed by atoms with Gasteiger partial charge >= 0.3 is 0 Å². The van der Waals surface area contributed by atoms with Gasteiger partial charge in [-0.25, -0.2) is 8.42 Å². The summed E-state index contributed by atoms with van der Waals surface area (Å²) in [6, 6.07) is 9.77. The van der Waals surface area contributed by atoms with Crippen molar-refractivity contribution < 1.29 is 13.2 Å². The predicted molar refractivity (Wildman–Crippen MR) is 132 cm³/mol. The lowest BCUT2D eigenvalue weighted by Crippen LogP contribution is -2.33. The summed E-state index contributed by atoms with van der Waals surface area (Å²) in [5, 5.41) is 11.5. The van der Waals surface area contributed by atoms with Crippen LogP contribution in [0.5, 0.6) is 0 Å². The topological polar surface area (TPSA) is 119 Å². The second kappa shape index (κ2) is 10.5. The molecule has 2 aromatic heterocycles. The molecule has 1 aliphatic heterocycles. The van der Waals surface area contributed by atoms with Gasteiger partial charge in [-0.15, -0.1) is 10.2 Å². The first-order valence-corrected chi connectivity index (χ1v) is 13.3. The van der Waals surface area contributed by atoms with E-state index in [4.69, 9.17) is 0 Å². The molecule has 0 aliphatic carbocycles. The summed E-state index contributed by atoms with van der Waals surface area (Å²) in [6.45, 7) is 4.66. The van der Waals surface area contributed by atoms with Gasteiger partial charge in [-0.05, 0) is 31.0 Å². The van der Waals surface area contributed by atoms with E-state index in [0.29, 0.717) is 18.8 Å². The molecular weight excluding hydrogens is 468 g/mol. The fourth-order valence-electron chi connectivity index (χ4n) is 4.29. The molecule has 1 aliphatic rings. The van der Waals surface area contributed by atoms with E-state index < -0.39 is 21.5 Å². The molecular formula is C24H30N6O4S. The summed E-state index contributed by atoms with van der Waals surface area (Å²) in [5.74, 6) is 1.30. The maximum absolute atomic E-state index is 12.8. The molecule has 0 unspecified atom stereocenters. The van der Waals surface area contributed by atoms with Crippen LogP contribution < -0.4 is 10.9 Å². The molecule has 1 amide bonds. The highest BCUT2D eigenvalue weighted by Crippen LogP contribution is 2.25. The van der Waals surface area contributed by atoms with Gasteiger partial charge in [-0.3, -0.25) is 9.59 Å². The fourth-order valence-corrected chi connectivity index (χ4v) is 5.77. The molecule has 4 rings (SSSR count). The molecule has 0 bridgehead atoms. The molecule has 3 heterocycles. The number of anilines is 1. The third kappa shape index (κ3) is 5.35. The van der Waals surface area contributed by atoms with E-state index >= 15 is 0 Å². The molecule has 0 fully saturated rings. The number of hydrogen-bond acceptors (Lipinski definition) is 6. The molecule has 10 nitrogen and oxygen atoms in total. The van der Waals surface area contributed by atoms with Crippen LogP contribution in [0.15, 0.2) is 52.3 Å². The SMILES string of the molecule is CCN(CC)S(=O)(=O)c1ccc(=O)n(CC(=O)Nc2cccc(-c3nnc4n3CCCCC4)c2)c1. The van der Waals surface area contributed by atoms with E-state index in [1.807, 2.05) is 18.2 Å². The number of amides is 1. The molecule has 1 aromatic carbocycles. The average Bonchev–Trinajstić information content (AvgIpc) is 3.09. The quantitative estimate of drug-likeness (QED) is 0.510. The molecule has 3 aromatic rings. The molecule has 0 radical (unpaired) electrons. The zero-order valence-electron chi connectivity index (χ0n) is 20.0. The summed E-state index contributed by atoms with van der Waals surface area (Å²) in [5.41, 5.74) is 0.935. The van der Waals surface area contributed by atoms with Crippen molar-refractivity contribution >= 4 is 21.6 Å². The summed E-state index contributed by atoms with van der Waals surface area (Å²) in [4.78, 5) is 25.1. The number of carbonyl (C=O) groups excluding carboxylic acids is 1. The highest BCUT2D eigenvalue weighted by Gasteiger charge is 2.23. The minimum Gasteiger partial charge on any atom is -0.325 e. The molecule has 0 saturated heterocycles. The number of rotatable bonds is 8. The predicted octanol–water partition coefficient (Wildman–Crippen LogP) is 2.50. The normalized spacial score (nSPS) is 13.9. The lowest BCUT2D eigenvalue weighted by Gasteiger charge is -2.19. The van der Waals surface area contributed by atoms with Crippen molar-refractivity contribution in [2.24, 2.45) is 0 Å². The Bertz CT molecular complexity index is 1370. The summed E-state index contributed by atoms with van der Waals surface area (Å²) in [7, 11) is -3.75. The van der Waals surface area contributed by atoms with Crippen LogP contribution in [-0.2, 0) is 34.3 Å². The van der Waals surface area contributed by atoms with Crippen LogP contribution in [0.4, 0.5) is 5.69 Å². The monoisotopic (exact) mass is 498 g/mol. The lowest BCUT2D eigenvalue weighted by atomic mass is 10.2. The van der Waals surface area contributed by atoms with Gasteiger partial charge in [0.25, 0.3) is 5.56 Å². The van der Waals surface area contributed by atoms with Gasteiger partial charge in [0.15, 0.2) is 5.82 Å². The number of sulfonamides is 1. The van der Waals surface area contributed by atoms with Gasteiger partial charge < -0.3 is 14.5 Å². The van der Waals surface area contributed by atoms with Crippen molar-refractivity contribution in [1.29, 1.82) is 0 Å². The summed E-state index contributed by atoms with van der Waals surface area (Å²) >= 11 is 0. The molecule has 35 heavy (non-hydrogen) atoms. The third-order valence-corrected chi connectivity index (χ3v) is 8.16. The third-order valence-electron chi connectivity index (χ3n) is 6.13. The van der Waals surface area contributed by atoms with E-state index in [-0.39, 0.29) is 11.4 Å². The van der Waals surface area contributed by atoms with E-state index in [1.54, 1.807) is 19.9 Å². The average molecular weight is 499 g/mol. The van der Waals surface area contributed by atoms with E-state index in [2.05, 4.69) is 20.1 Å². The zero-order chi connectivity index (χ0) is 25.0. The smallest absolute Gasteiger partial charge is 0.251 e. The number of pyridine rings is 1. The molecule has 11 heteroatoms. The van der Waals surface area contributed by atoms with E-state index in [0.717, 1.165) is 54.0 Å². The van der Waals surface area contributed by atoms with Crippen LogP contribution >= 0.6 is 0 Å². The van der Waals surface area contributed by atoms with Gasteiger partial charge in [-0.2, -0.15) is 4.31 Å². The van der Waals surface area contributed by atoms with Crippen LogP contribution in [0.3, 0.4) is 0 Å². The van der Waals surface area contributed by atoms with Gasteiger partial charge in [0, 0.05) is 49.6 Å². The number of nitrogens with one attached hydrogen (secondary N) is 1. The number of aryl methyl sites for hydroxylation is 1. The van der Waals surface area contributed by atoms with Crippen LogP contribution in [-0.4, -0.2) is 51.1 Å². The lowest BCUT2D eigenvalue weighted by molar-refractivity contribution is -0.116. The fraction of sp³-hybridized carbons (Fsp3) is 0.417. The standard InChI is InChI=1S/C24H30N6O4S/c1-3-29(4-2)35(33,34)20-12-13-23(32)28(16-20)17-22(31)25-19-10-8-9-18(15-19)24-27-26-21-11-6-5-7-14-30(21)24/h8-10,12-13,15-16H,3-7,11,14,17H2,1-2H3,(H,25,31). The number of benzene rings is 1. The van der Waals surface area contributed by atoms with Crippen molar-refractivity contribution in [2.45, 2.75) is 57.5 Å². The van der Waals surface area contributed by atoms with Crippen molar-refractivity contribution in [3.8, 4) is 11.4 Å². The second-order valence-corrected chi connectivity index (χ2v) is 10.4. The maximum Gasteiger partial charge on any atom is 0.251 e. The van der Waals surface area contributed by atoms with Gasteiger partial charge in [0.05, 0.1) is 4.90 Å².